The summed E-state index contributed by atoms with van der Waals surface area (Å²) in [5.41, 5.74) is 0.133. The summed E-state index contributed by atoms with van der Waals surface area (Å²) in [6, 6.07) is 4.74. The van der Waals surface area contributed by atoms with E-state index in [4.69, 9.17) is 14.3 Å². The number of furan rings is 1. The first-order chi connectivity index (χ1) is 13.6. The standard InChI is InChI=1S/C20H22F3NO5/c1-11-8-16(17(25)12-4-3-7-24(10-12)19(26)27)29-18(11)14-6-5-13(20(21,22)23)9-15(14)28-2/h5-6,8-9,12,17,25H,3-4,7,10H2,1-2H3,(H,26,27)/t12-,17?/m1/s1. The minimum Gasteiger partial charge on any atom is -0.496 e. The Morgan fingerprint density at radius 1 is 1.34 bits per heavy atom. The number of ether oxygens (including phenoxy) is 1. The number of aryl methyl sites for hydroxylation is 1. The van der Waals surface area contributed by atoms with Crippen LogP contribution in [-0.2, 0) is 6.18 Å². The van der Waals surface area contributed by atoms with E-state index in [0.29, 0.717) is 36.3 Å². The first kappa shape index (κ1) is 21.0. The van der Waals surface area contributed by atoms with Crippen LogP contribution in [0.25, 0.3) is 11.3 Å². The second kappa shape index (κ2) is 7.98. The highest BCUT2D eigenvalue weighted by molar-refractivity contribution is 5.69. The first-order valence-electron chi connectivity index (χ1n) is 9.13. The molecule has 2 atom stereocenters. The van der Waals surface area contributed by atoms with Gasteiger partial charge >= 0.3 is 12.3 Å². The molecule has 2 aromatic rings. The molecule has 1 aromatic heterocycles. The van der Waals surface area contributed by atoms with Crippen LogP contribution in [0.3, 0.4) is 0 Å². The molecule has 0 bridgehead atoms. The molecule has 9 heteroatoms. The van der Waals surface area contributed by atoms with Crippen molar-refractivity contribution in [2.45, 2.75) is 32.0 Å². The Bertz CT molecular complexity index is 893. The predicted molar refractivity (Wildman–Crippen MR) is 97.7 cm³/mol. The molecule has 2 N–H and O–H groups in total. The van der Waals surface area contributed by atoms with E-state index in [2.05, 4.69) is 0 Å². The largest absolute Gasteiger partial charge is 0.496 e. The van der Waals surface area contributed by atoms with Gasteiger partial charge in [-0.05, 0) is 49.6 Å². The van der Waals surface area contributed by atoms with Crippen molar-refractivity contribution in [2.75, 3.05) is 20.2 Å². The number of hydrogen-bond acceptors (Lipinski definition) is 4. The molecule has 158 valence electrons. The van der Waals surface area contributed by atoms with E-state index in [1.807, 2.05) is 0 Å². The van der Waals surface area contributed by atoms with E-state index in [0.717, 1.165) is 12.1 Å². The minimum absolute atomic E-state index is 0.00744. The highest BCUT2D eigenvalue weighted by Crippen LogP contribution is 2.41. The Morgan fingerprint density at radius 3 is 2.69 bits per heavy atom. The molecule has 1 amide bonds. The smallest absolute Gasteiger partial charge is 0.416 e. The molecule has 2 heterocycles. The van der Waals surface area contributed by atoms with Gasteiger partial charge in [-0.1, -0.05) is 0 Å². The van der Waals surface area contributed by atoms with Gasteiger partial charge in [0.1, 0.15) is 23.4 Å². The number of amides is 1. The topological polar surface area (TPSA) is 83.1 Å². The predicted octanol–water partition coefficient (Wildman–Crippen LogP) is 4.71. The van der Waals surface area contributed by atoms with Gasteiger partial charge in [-0.2, -0.15) is 13.2 Å². The number of benzene rings is 1. The Hall–Kier alpha value is -2.68. The number of halogens is 3. The molecule has 1 aromatic carbocycles. The van der Waals surface area contributed by atoms with Crippen molar-refractivity contribution in [3.63, 3.8) is 0 Å². The Kier molecular flexibility index (Phi) is 5.79. The number of rotatable bonds is 4. The van der Waals surface area contributed by atoms with Crippen molar-refractivity contribution in [3.8, 4) is 17.1 Å². The number of carboxylic acid groups (broad SMARTS) is 1. The third kappa shape index (κ3) is 4.34. The zero-order chi connectivity index (χ0) is 21.3. The third-order valence-corrected chi connectivity index (χ3v) is 5.18. The molecule has 1 unspecified atom stereocenters. The van der Waals surface area contributed by atoms with Gasteiger partial charge < -0.3 is 24.3 Å². The molecule has 29 heavy (non-hydrogen) atoms. The van der Waals surface area contributed by atoms with Crippen LogP contribution >= 0.6 is 0 Å². The molecular weight excluding hydrogens is 391 g/mol. The summed E-state index contributed by atoms with van der Waals surface area (Å²) < 4.78 is 49.8. The van der Waals surface area contributed by atoms with Crippen LogP contribution in [0.2, 0.25) is 0 Å². The van der Waals surface area contributed by atoms with Crippen LogP contribution in [-0.4, -0.2) is 41.4 Å². The SMILES string of the molecule is COc1cc(C(F)(F)F)ccc1-c1oc(C(O)[C@@H]2CCCN(C(=O)O)C2)cc1C. The van der Waals surface area contributed by atoms with E-state index in [1.165, 1.54) is 18.1 Å². The average molecular weight is 413 g/mol. The van der Waals surface area contributed by atoms with Gasteiger partial charge in [0.15, 0.2) is 0 Å². The summed E-state index contributed by atoms with van der Waals surface area (Å²) in [7, 11) is 1.27. The summed E-state index contributed by atoms with van der Waals surface area (Å²) >= 11 is 0. The molecular formula is C20H22F3NO5. The van der Waals surface area contributed by atoms with Crippen LogP contribution in [0.4, 0.5) is 18.0 Å². The molecule has 1 fully saturated rings. The van der Waals surface area contributed by atoms with E-state index in [-0.39, 0.29) is 24.0 Å². The summed E-state index contributed by atoms with van der Waals surface area (Å²) in [5.74, 6) is 0.230. The number of methoxy groups -OCH3 is 1. The molecule has 0 aliphatic carbocycles. The number of aliphatic hydroxyl groups is 1. The fourth-order valence-electron chi connectivity index (χ4n) is 3.65. The quantitative estimate of drug-likeness (QED) is 0.759. The Balaban J connectivity index is 1.90. The number of likely N-dealkylation sites (tertiary alicyclic amines) is 1. The number of aliphatic hydroxyl groups excluding tert-OH is 1. The zero-order valence-corrected chi connectivity index (χ0v) is 16.0. The maximum Gasteiger partial charge on any atom is 0.416 e. The van der Waals surface area contributed by atoms with Crippen LogP contribution in [0, 0.1) is 12.8 Å². The molecule has 1 saturated heterocycles. The molecule has 0 spiro atoms. The van der Waals surface area contributed by atoms with E-state index in [1.54, 1.807) is 13.0 Å². The van der Waals surface area contributed by atoms with Gasteiger partial charge in [0.2, 0.25) is 0 Å². The van der Waals surface area contributed by atoms with Crippen molar-refractivity contribution in [2.24, 2.45) is 5.92 Å². The lowest BCUT2D eigenvalue weighted by Gasteiger charge is -2.32. The molecule has 1 aliphatic rings. The lowest BCUT2D eigenvalue weighted by Crippen LogP contribution is -2.40. The van der Waals surface area contributed by atoms with Gasteiger partial charge in [-0.15, -0.1) is 0 Å². The highest BCUT2D eigenvalue weighted by Gasteiger charge is 2.33. The van der Waals surface area contributed by atoms with E-state index in [9.17, 15) is 23.1 Å². The molecule has 3 rings (SSSR count). The van der Waals surface area contributed by atoms with Gasteiger partial charge in [-0.3, -0.25) is 0 Å². The lowest BCUT2D eigenvalue weighted by molar-refractivity contribution is -0.137. The molecule has 6 nitrogen and oxygen atoms in total. The van der Waals surface area contributed by atoms with E-state index < -0.39 is 23.9 Å². The van der Waals surface area contributed by atoms with Crippen molar-refractivity contribution in [1.29, 1.82) is 0 Å². The van der Waals surface area contributed by atoms with Crippen molar-refractivity contribution in [1.82, 2.24) is 4.90 Å². The maximum atomic E-state index is 13.0. The number of carbonyl (C=O) groups is 1. The Morgan fingerprint density at radius 2 is 2.07 bits per heavy atom. The van der Waals surface area contributed by atoms with Crippen LogP contribution in [0.15, 0.2) is 28.7 Å². The second-order valence-corrected chi connectivity index (χ2v) is 7.15. The van der Waals surface area contributed by atoms with Crippen LogP contribution < -0.4 is 4.74 Å². The fraction of sp³-hybridized carbons (Fsp3) is 0.450. The van der Waals surface area contributed by atoms with Gasteiger partial charge in [0.25, 0.3) is 0 Å². The number of nitrogens with zero attached hydrogens (tertiary/aromatic N) is 1. The number of hydrogen-bond donors (Lipinski definition) is 2. The second-order valence-electron chi connectivity index (χ2n) is 7.15. The van der Waals surface area contributed by atoms with Crippen LogP contribution in [0.5, 0.6) is 5.75 Å². The number of piperidine rings is 1. The summed E-state index contributed by atoms with van der Waals surface area (Å²) in [6.07, 6.45) is -5.28. The lowest BCUT2D eigenvalue weighted by atomic mass is 9.91. The monoisotopic (exact) mass is 413 g/mol. The van der Waals surface area contributed by atoms with Gasteiger partial charge in [0.05, 0.1) is 18.2 Å². The average Bonchev–Trinajstić information content (AvgIpc) is 3.07. The molecule has 1 aliphatic heterocycles. The van der Waals surface area contributed by atoms with Gasteiger partial charge in [0, 0.05) is 19.0 Å². The minimum atomic E-state index is -4.50. The molecule has 0 radical (unpaired) electrons. The Labute approximate surface area is 165 Å². The summed E-state index contributed by atoms with van der Waals surface area (Å²) in [4.78, 5) is 12.5. The van der Waals surface area contributed by atoms with Gasteiger partial charge in [-0.25, -0.2) is 4.79 Å². The summed E-state index contributed by atoms with van der Waals surface area (Å²) in [6.45, 7) is 2.33. The maximum absolute atomic E-state index is 13.0. The molecule has 0 saturated carbocycles. The van der Waals surface area contributed by atoms with Crippen molar-refractivity contribution < 1.29 is 37.3 Å². The third-order valence-electron chi connectivity index (χ3n) is 5.18. The zero-order valence-electron chi connectivity index (χ0n) is 16.0. The highest BCUT2D eigenvalue weighted by atomic mass is 19.4. The van der Waals surface area contributed by atoms with Crippen molar-refractivity contribution >= 4 is 6.09 Å². The summed E-state index contributed by atoms with van der Waals surface area (Å²) in [5, 5.41) is 19.9. The first-order valence-corrected chi connectivity index (χ1v) is 9.13. The van der Waals surface area contributed by atoms with E-state index >= 15 is 0 Å². The number of alkyl halides is 3. The normalized spacial score (nSPS) is 18.6. The van der Waals surface area contributed by atoms with Crippen LogP contribution in [0.1, 0.15) is 35.8 Å². The van der Waals surface area contributed by atoms with Crippen molar-refractivity contribution in [3.05, 3.63) is 41.2 Å². The fourth-order valence-corrected chi connectivity index (χ4v) is 3.65.